The molecule has 2 rings (SSSR count). The Bertz CT molecular complexity index is 623. The molecule has 0 bridgehead atoms. The van der Waals surface area contributed by atoms with E-state index in [4.69, 9.17) is 4.74 Å². The highest BCUT2D eigenvalue weighted by molar-refractivity contribution is 5.67. The first kappa shape index (κ1) is 14.5. The van der Waals surface area contributed by atoms with Crippen LogP contribution in [-0.4, -0.2) is 24.1 Å². The molecule has 0 saturated heterocycles. The number of nitrogens with one attached hydrogen (secondary N) is 1. The Hall–Kier alpha value is -1.94. The molecule has 1 N–H and O–H groups in total. The molecule has 0 spiro atoms. The molecule has 0 unspecified atom stereocenters. The van der Waals surface area contributed by atoms with E-state index in [2.05, 4.69) is 48.2 Å². The Morgan fingerprint density at radius 3 is 2.35 bits per heavy atom. The monoisotopic (exact) mass is 271 g/mol. The van der Waals surface area contributed by atoms with E-state index in [1.54, 1.807) is 7.11 Å². The van der Waals surface area contributed by atoms with Gasteiger partial charge in [-0.2, -0.15) is 0 Å². The average Bonchev–Trinajstić information content (AvgIpc) is 2.42. The van der Waals surface area contributed by atoms with Crippen LogP contribution in [0, 0.1) is 20.8 Å². The molecule has 106 valence electrons. The number of aromatic nitrogens is 2. The van der Waals surface area contributed by atoms with Crippen molar-refractivity contribution in [2.45, 2.75) is 27.4 Å². The van der Waals surface area contributed by atoms with Crippen LogP contribution in [0.4, 0.5) is 5.82 Å². The quantitative estimate of drug-likeness (QED) is 0.927. The predicted octanol–water partition coefficient (Wildman–Crippen LogP) is 3.26. The lowest BCUT2D eigenvalue weighted by atomic mass is 9.98. The van der Waals surface area contributed by atoms with E-state index >= 15 is 0 Å². The van der Waals surface area contributed by atoms with Gasteiger partial charge in [0.2, 0.25) is 0 Å². The largest absolute Gasteiger partial charge is 0.377 e. The third-order valence-electron chi connectivity index (χ3n) is 3.42. The van der Waals surface area contributed by atoms with E-state index < -0.39 is 0 Å². The van der Waals surface area contributed by atoms with Gasteiger partial charge in [-0.25, -0.2) is 9.97 Å². The second-order valence-electron chi connectivity index (χ2n) is 4.99. The van der Waals surface area contributed by atoms with Gasteiger partial charge in [-0.1, -0.05) is 6.07 Å². The molecule has 1 aromatic heterocycles. The van der Waals surface area contributed by atoms with Crippen LogP contribution in [0.2, 0.25) is 0 Å². The molecule has 1 aromatic carbocycles. The molecular weight excluding hydrogens is 250 g/mol. The van der Waals surface area contributed by atoms with Crippen LogP contribution in [0.15, 0.2) is 18.2 Å². The minimum absolute atomic E-state index is 0.409. The number of hydrogen-bond donors (Lipinski definition) is 1. The Morgan fingerprint density at radius 1 is 1.00 bits per heavy atom. The Balaban J connectivity index is 2.56. The fraction of sp³-hybridized carbons (Fsp3) is 0.375. The maximum Gasteiger partial charge on any atom is 0.157 e. The summed E-state index contributed by atoms with van der Waals surface area (Å²) in [5.74, 6) is 1.49. The standard InChI is InChI=1S/C16H21N3O/c1-10-6-12(3)13(7-11(10)2)14-8-15(17-4)19-16(18-14)9-20-5/h6-8H,9H2,1-5H3,(H,17,18,19). The molecule has 0 radical (unpaired) electrons. The maximum atomic E-state index is 5.14. The molecule has 4 nitrogen and oxygen atoms in total. The van der Waals surface area contributed by atoms with Crippen molar-refractivity contribution in [1.82, 2.24) is 9.97 Å². The molecule has 4 heteroatoms. The van der Waals surface area contributed by atoms with Gasteiger partial charge in [0, 0.05) is 25.8 Å². The molecule has 1 heterocycles. The van der Waals surface area contributed by atoms with Gasteiger partial charge in [0.1, 0.15) is 12.4 Å². The Labute approximate surface area is 120 Å². The van der Waals surface area contributed by atoms with E-state index in [-0.39, 0.29) is 0 Å². The minimum atomic E-state index is 0.409. The van der Waals surface area contributed by atoms with E-state index in [1.165, 1.54) is 16.7 Å². The number of aryl methyl sites for hydroxylation is 3. The van der Waals surface area contributed by atoms with Gasteiger partial charge in [-0.05, 0) is 43.5 Å². The van der Waals surface area contributed by atoms with Crippen molar-refractivity contribution in [3.63, 3.8) is 0 Å². The van der Waals surface area contributed by atoms with Crippen molar-refractivity contribution in [2.24, 2.45) is 0 Å². The topological polar surface area (TPSA) is 47.0 Å². The predicted molar refractivity (Wildman–Crippen MR) is 81.9 cm³/mol. The summed E-state index contributed by atoms with van der Waals surface area (Å²) in [5, 5.41) is 3.07. The number of ether oxygens (including phenoxy) is 1. The third-order valence-corrected chi connectivity index (χ3v) is 3.42. The normalized spacial score (nSPS) is 10.7. The van der Waals surface area contributed by atoms with Gasteiger partial charge in [0.25, 0.3) is 0 Å². The van der Waals surface area contributed by atoms with E-state index in [9.17, 15) is 0 Å². The van der Waals surface area contributed by atoms with Crippen LogP contribution >= 0.6 is 0 Å². The Kier molecular flexibility index (Phi) is 4.35. The van der Waals surface area contributed by atoms with Crippen LogP contribution in [0.5, 0.6) is 0 Å². The van der Waals surface area contributed by atoms with Gasteiger partial charge in [-0.15, -0.1) is 0 Å². The minimum Gasteiger partial charge on any atom is -0.377 e. The highest BCUT2D eigenvalue weighted by atomic mass is 16.5. The molecule has 0 atom stereocenters. The maximum absolute atomic E-state index is 5.14. The summed E-state index contributed by atoms with van der Waals surface area (Å²) in [6, 6.07) is 6.35. The fourth-order valence-electron chi connectivity index (χ4n) is 2.19. The first-order valence-corrected chi connectivity index (χ1v) is 6.68. The molecule has 20 heavy (non-hydrogen) atoms. The molecule has 0 fully saturated rings. The van der Waals surface area contributed by atoms with Crippen molar-refractivity contribution >= 4 is 5.82 Å². The fourth-order valence-corrected chi connectivity index (χ4v) is 2.19. The van der Waals surface area contributed by atoms with Gasteiger partial charge < -0.3 is 10.1 Å². The SMILES string of the molecule is CNc1cc(-c2cc(C)c(C)cc2C)nc(COC)n1. The van der Waals surface area contributed by atoms with Crippen molar-refractivity contribution in [3.8, 4) is 11.3 Å². The van der Waals surface area contributed by atoms with Gasteiger partial charge in [0.05, 0.1) is 5.69 Å². The zero-order valence-electron chi connectivity index (χ0n) is 12.7. The van der Waals surface area contributed by atoms with Crippen LogP contribution in [0.1, 0.15) is 22.5 Å². The summed E-state index contributed by atoms with van der Waals surface area (Å²) < 4.78 is 5.14. The second-order valence-corrected chi connectivity index (χ2v) is 4.99. The number of nitrogens with zero attached hydrogens (tertiary/aromatic N) is 2. The molecule has 0 aliphatic rings. The van der Waals surface area contributed by atoms with Crippen molar-refractivity contribution in [1.29, 1.82) is 0 Å². The van der Waals surface area contributed by atoms with Crippen LogP contribution in [0.3, 0.4) is 0 Å². The number of benzene rings is 1. The molecule has 2 aromatic rings. The number of anilines is 1. The molecule has 0 amide bonds. The first-order valence-electron chi connectivity index (χ1n) is 6.68. The summed E-state index contributed by atoms with van der Waals surface area (Å²) in [7, 11) is 3.51. The zero-order chi connectivity index (χ0) is 14.7. The molecule has 0 aliphatic carbocycles. The lowest BCUT2D eigenvalue weighted by molar-refractivity contribution is 0.178. The van der Waals surface area contributed by atoms with Crippen LogP contribution in [-0.2, 0) is 11.3 Å². The van der Waals surface area contributed by atoms with E-state index in [0.717, 1.165) is 17.1 Å². The number of rotatable bonds is 4. The smallest absolute Gasteiger partial charge is 0.157 e. The zero-order valence-corrected chi connectivity index (χ0v) is 12.7. The average molecular weight is 271 g/mol. The van der Waals surface area contributed by atoms with E-state index in [0.29, 0.717) is 12.4 Å². The number of hydrogen-bond acceptors (Lipinski definition) is 4. The Morgan fingerprint density at radius 2 is 1.70 bits per heavy atom. The molecule has 0 aliphatic heterocycles. The van der Waals surface area contributed by atoms with Crippen molar-refractivity contribution < 1.29 is 4.74 Å². The lowest BCUT2D eigenvalue weighted by Gasteiger charge is -2.12. The highest BCUT2D eigenvalue weighted by Gasteiger charge is 2.10. The first-order chi connectivity index (χ1) is 9.55. The summed E-state index contributed by atoms with van der Waals surface area (Å²) >= 11 is 0. The van der Waals surface area contributed by atoms with Gasteiger partial charge in [-0.3, -0.25) is 0 Å². The molecule has 0 saturated carbocycles. The summed E-state index contributed by atoms with van der Waals surface area (Å²) in [6.45, 7) is 6.77. The van der Waals surface area contributed by atoms with Gasteiger partial charge >= 0.3 is 0 Å². The summed E-state index contributed by atoms with van der Waals surface area (Å²) in [5.41, 5.74) is 5.85. The lowest BCUT2D eigenvalue weighted by Crippen LogP contribution is -2.03. The molecular formula is C16H21N3O. The van der Waals surface area contributed by atoms with Gasteiger partial charge in [0.15, 0.2) is 5.82 Å². The van der Waals surface area contributed by atoms with Crippen molar-refractivity contribution in [3.05, 3.63) is 40.7 Å². The summed E-state index contributed by atoms with van der Waals surface area (Å²) in [4.78, 5) is 8.99. The second kappa shape index (κ2) is 6.01. The van der Waals surface area contributed by atoms with Crippen LogP contribution < -0.4 is 5.32 Å². The summed E-state index contributed by atoms with van der Waals surface area (Å²) in [6.07, 6.45) is 0. The van der Waals surface area contributed by atoms with Crippen LogP contribution in [0.25, 0.3) is 11.3 Å². The van der Waals surface area contributed by atoms with Crippen molar-refractivity contribution in [2.75, 3.05) is 19.5 Å². The third kappa shape index (κ3) is 2.96. The number of methoxy groups -OCH3 is 1. The highest BCUT2D eigenvalue weighted by Crippen LogP contribution is 2.26. The van der Waals surface area contributed by atoms with E-state index in [1.807, 2.05) is 13.1 Å².